The van der Waals surface area contributed by atoms with E-state index in [-0.39, 0.29) is 36.7 Å². The highest BCUT2D eigenvalue weighted by molar-refractivity contribution is 5.69. The minimum Gasteiger partial charge on any atom is -0.489 e. The Morgan fingerprint density at radius 1 is 1.08 bits per heavy atom. The van der Waals surface area contributed by atoms with Crippen molar-refractivity contribution >= 4 is 11.4 Å². The lowest BCUT2D eigenvalue weighted by Gasteiger charge is -2.16. The zero-order valence-corrected chi connectivity index (χ0v) is 14.0. The minimum atomic E-state index is -1.35. The van der Waals surface area contributed by atoms with E-state index < -0.39 is 27.3 Å². The number of aliphatic hydroxyl groups excluding tert-OH is 1. The summed E-state index contributed by atoms with van der Waals surface area (Å²) in [5.74, 6) is -0.237. The maximum Gasteiger partial charge on any atom is 0.327 e. The van der Waals surface area contributed by atoms with E-state index in [1.54, 1.807) is 6.92 Å². The number of benzene rings is 1. The van der Waals surface area contributed by atoms with Crippen LogP contribution in [-0.4, -0.2) is 28.2 Å². The van der Waals surface area contributed by atoms with Gasteiger partial charge in [-0.15, -0.1) is 0 Å². The molecule has 0 spiro atoms. The van der Waals surface area contributed by atoms with Gasteiger partial charge in [0.05, 0.1) is 35.2 Å². The smallest absolute Gasteiger partial charge is 0.327 e. The van der Waals surface area contributed by atoms with E-state index in [1.807, 2.05) is 13.8 Å². The van der Waals surface area contributed by atoms with Gasteiger partial charge in [0.2, 0.25) is 5.75 Å². The minimum absolute atomic E-state index is 0.0595. The van der Waals surface area contributed by atoms with Crippen molar-refractivity contribution in [1.29, 1.82) is 0 Å². The number of hydrogen-bond acceptors (Lipinski definition) is 7. The summed E-state index contributed by atoms with van der Waals surface area (Å²) in [6.07, 6.45) is -0.0550. The molecule has 1 atom stereocenters. The summed E-state index contributed by atoms with van der Waals surface area (Å²) >= 11 is 0. The van der Waals surface area contributed by atoms with Crippen molar-refractivity contribution < 1.29 is 24.4 Å². The van der Waals surface area contributed by atoms with Gasteiger partial charge in [-0.3, -0.25) is 20.2 Å². The number of ether oxygens (including phenoxy) is 2. The fraction of sp³-hybridized carbons (Fsp3) is 0.600. The third kappa shape index (κ3) is 4.31. The van der Waals surface area contributed by atoms with Gasteiger partial charge in [-0.05, 0) is 19.3 Å². The summed E-state index contributed by atoms with van der Waals surface area (Å²) in [6.45, 7) is 5.65. The van der Waals surface area contributed by atoms with Crippen LogP contribution >= 0.6 is 0 Å². The number of aliphatic hydroxyl groups is 1. The quantitative estimate of drug-likeness (QED) is 0.509. The van der Waals surface area contributed by atoms with Gasteiger partial charge in [0.1, 0.15) is 5.56 Å². The summed E-state index contributed by atoms with van der Waals surface area (Å²) in [5, 5.41) is 33.0. The second-order valence-electron chi connectivity index (χ2n) is 5.12. The van der Waals surface area contributed by atoms with Crippen molar-refractivity contribution in [3.8, 4) is 11.5 Å². The Morgan fingerprint density at radius 3 is 2.12 bits per heavy atom. The summed E-state index contributed by atoms with van der Waals surface area (Å²) in [6, 6.07) is 1.09. The molecule has 9 heteroatoms. The first-order valence-electron chi connectivity index (χ1n) is 7.82. The molecule has 1 rings (SSSR count). The molecule has 0 heterocycles. The normalized spacial score (nSPS) is 11.8. The first-order valence-corrected chi connectivity index (χ1v) is 7.82. The monoisotopic (exact) mass is 342 g/mol. The molecule has 0 bridgehead atoms. The molecule has 0 aliphatic carbocycles. The van der Waals surface area contributed by atoms with Crippen LogP contribution in [0.2, 0.25) is 0 Å². The zero-order valence-electron chi connectivity index (χ0n) is 14.0. The standard InChI is InChI=1S/C15H22N2O7/c1-4-7-23-12-9-10(16(19)20)13(11(18)6-3)14(17(21)22)15(12)24-8-5-2/h9,11,18H,4-8H2,1-3H3. The highest BCUT2D eigenvalue weighted by Gasteiger charge is 2.37. The van der Waals surface area contributed by atoms with E-state index in [0.717, 1.165) is 6.07 Å². The van der Waals surface area contributed by atoms with Crippen molar-refractivity contribution in [1.82, 2.24) is 0 Å². The number of nitro benzene ring substituents is 2. The Bertz CT molecular complexity index is 604. The molecule has 1 unspecified atom stereocenters. The molecule has 0 saturated carbocycles. The molecular formula is C15H22N2O7. The predicted molar refractivity (Wildman–Crippen MR) is 86.6 cm³/mol. The van der Waals surface area contributed by atoms with Crippen molar-refractivity contribution in [2.24, 2.45) is 0 Å². The van der Waals surface area contributed by atoms with Crippen LogP contribution in [0.3, 0.4) is 0 Å². The van der Waals surface area contributed by atoms with Crippen LogP contribution < -0.4 is 9.47 Å². The van der Waals surface area contributed by atoms with Gasteiger partial charge in [0, 0.05) is 0 Å². The maximum atomic E-state index is 11.6. The molecule has 1 N–H and O–H groups in total. The SMILES string of the molecule is CCCOc1cc([N+](=O)[O-])c(C(O)CC)c([N+](=O)[O-])c1OCCC. The lowest BCUT2D eigenvalue weighted by molar-refractivity contribution is -0.397. The molecule has 0 aliphatic heterocycles. The summed E-state index contributed by atoms with van der Waals surface area (Å²) in [4.78, 5) is 21.4. The van der Waals surface area contributed by atoms with Gasteiger partial charge in [-0.1, -0.05) is 20.8 Å². The second-order valence-corrected chi connectivity index (χ2v) is 5.12. The fourth-order valence-corrected chi connectivity index (χ4v) is 2.16. The van der Waals surface area contributed by atoms with Gasteiger partial charge in [0.15, 0.2) is 5.75 Å². The van der Waals surface area contributed by atoms with Crippen LogP contribution in [0.5, 0.6) is 11.5 Å². The fourth-order valence-electron chi connectivity index (χ4n) is 2.16. The van der Waals surface area contributed by atoms with Crippen molar-refractivity contribution in [2.45, 2.75) is 46.1 Å². The lowest BCUT2D eigenvalue weighted by atomic mass is 10.0. The average molecular weight is 342 g/mol. The van der Waals surface area contributed by atoms with E-state index in [1.165, 1.54) is 0 Å². The first kappa shape index (κ1) is 19.6. The first-order chi connectivity index (χ1) is 11.4. The highest BCUT2D eigenvalue weighted by Crippen LogP contribution is 2.47. The van der Waals surface area contributed by atoms with E-state index >= 15 is 0 Å². The Balaban J connectivity index is 3.72. The highest BCUT2D eigenvalue weighted by atomic mass is 16.6. The van der Waals surface area contributed by atoms with E-state index in [2.05, 4.69) is 0 Å². The molecule has 24 heavy (non-hydrogen) atoms. The second kappa shape index (κ2) is 9.02. The van der Waals surface area contributed by atoms with Gasteiger partial charge < -0.3 is 14.6 Å². The third-order valence-corrected chi connectivity index (χ3v) is 3.25. The Kier molecular flexibility index (Phi) is 7.37. The van der Waals surface area contributed by atoms with E-state index in [0.29, 0.717) is 12.8 Å². The summed E-state index contributed by atoms with van der Waals surface area (Å²) < 4.78 is 10.9. The Labute approximate surface area is 139 Å². The molecule has 0 aliphatic rings. The van der Waals surface area contributed by atoms with Gasteiger partial charge in [0.25, 0.3) is 5.69 Å². The summed E-state index contributed by atoms with van der Waals surface area (Å²) in [5.41, 5.74) is -1.52. The molecule has 9 nitrogen and oxygen atoms in total. The average Bonchev–Trinajstić information content (AvgIpc) is 2.55. The van der Waals surface area contributed by atoms with Gasteiger partial charge in [-0.25, -0.2) is 0 Å². The molecule has 0 saturated heterocycles. The van der Waals surface area contributed by atoms with Crippen LogP contribution in [0.25, 0.3) is 0 Å². The predicted octanol–water partition coefficient (Wildman–Crippen LogP) is 3.52. The summed E-state index contributed by atoms with van der Waals surface area (Å²) in [7, 11) is 0. The molecular weight excluding hydrogens is 320 g/mol. The van der Waals surface area contributed by atoms with Crippen LogP contribution in [0.1, 0.15) is 51.7 Å². The number of nitrogens with zero attached hydrogens (tertiary/aromatic N) is 2. The van der Waals surface area contributed by atoms with E-state index in [9.17, 15) is 25.3 Å². The lowest BCUT2D eigenvalue weighted by Crippen LogP contribution is -2.11. The van der Waals surface area contributed by atoms with E-state index in [4.69, 9.17) is 9.47 Å². The van der Waals surface area contributed by atoms with Gasteiger partial charge in [-0.2, -0.15) is 0 Å². The molecule has 0 amide bonds. The Hall–Kier alpha value is -2.42. The number of rotatable bonds is 10. The largest absolute Gasteiger partial charge is 0.489 e. The molecule has 1 aromatic carbocycles. The van der Waals surface area contributed by atoms with Crippen LogP contribution in [-0.2, 0) is 0 Å². The zero-order chi connectivity index (χ0) is 18.3. The molecule has 0 radical (unpaired) electrons. The molecule has 134 valence electrons. The topological polar surface area (TPSA) is 125 Å². The Morgan fingerprint density at radius 2 is 1.67 bits per heavy atom. The van der Waals surface area contributed by atoms with Crippen LogP contribution in [0, 0.1) is 20.2 Å². The van der Waals surface area contributed by atoms with Crippen molar-refractivity contribution in [3.05, 3.63) is 31.9 Å². The maximum absolute atomic E-state index is 11.6. The van der Waals surface area contributed by atoms with Crippen molar-refractivity contribution in [3.63, 3.8) is 0 Å². The van der Waals surface area contributed by atoms with Crippen molar-refractivity contribution in [2.75, 3.05) is 13.2 Å². The molecule has 1 aromatic rings. The number of hydrogen-bond donors (Lipinski definition) is 1. The number of nitro groups is 2. The van der Waals surface area contributed by atoms with Crippen LogP contribution in [0.15, 0.2) is 6.07 Å². The molecule has 0 aromatic heterocycles. The van der Waals surface area contributed by atoms with Crippen LogP contribution in [0.4, 0.5) is 11.4 Å². The van der Waals surface area contributed by atoms with Gasteiger partial charge >= 0.3 is 5.69 Å². The third-order valence-electron chi connectivity index (χ3n) is 3.25. The molecule has 0 fully saturated rings.